The molecule has 0 aliphatic heterocycles. The predicted octanol–water partition coefficient (Wildman–Crippen LogP) is 3.52. The Morgan fingerprint density at radius 1 is 1.25 bits per heavy atom. The molecule has 24 heavy (non-hydrogen) atoms. The summed E-state index contributed by atoms with van der Waals surface area (Å²) in [4.78, 5) is 9.42. The van der Waals surface area contributed by atoms with Crippen molar-refractivity contribution in [2.24, 2.45) is 0 Å². The van der Waals surface area contributed by atoms with E-state index < -0.39 is 0 Å². The van der Waals surface area contributed by atoms with Crippen LogP contribution in [-0.4, -0.2) is 23.6 Å². The van der Waals surface area contributed by atoms with Crippen molar-refractivity contribution in [3.63, 3.8) is 0 Å². The van der Waals surface area contributed by atoms with E-state index in [0.29, 0.717) is 0 Å². The molecule has 5 nitrogen and oxygen atoms in total. The maximum absolute atomic E-state index is 6.25. The van der Waals surface area contributed by atoms with Gasteiger partial charge in [-0.05, 0) is 43.2 Å². The third-order valence-electron chi connectivity index (χ3n) is 3.60. The Morgan fingerprint density at radius 3 is 2.92 bits per heavy atom. The molecule has 2 heterocycles. The zero-order chi connectivity index (χ0) is 16.8. The highest BCUT2D eigenvalue weighted by atomic mass is 32.1. The molecule has 0 bridgehead atoms. The summed E-state index contributed by atoms with van der Waals surface area (Å²) >= 11 is 1.71. The summed E-state index contributed by atoms with van der Waals surface area (Å²) in [5.41, 5.74) is 7.42. The normalized spacial score (nSPS) is 12.0. The number of rotatable bonds is 7. The lowest BCUT2D eigenvalue weighted by Crippen LogP contribution is -2.15. The third-order valence-corrected chi connectivity index (χ3v) is 4.56. The van der Waals surface area contributed by atoms with Crippen LogP contribution in [0.2, 0.25) is 0 Å². The molecule has 1 aromatic carbocycles. The Morgan fingerprint density at radius 2 is 2.17 bits per heavy atom. The van der Waals surface area contributed by atoms with Crippen LogP contribution in [-0.2, 0) is 0 Å². The maximum Gasteiger partial charge on any atom is 0.220 e. The van der Waals surface area contributed by atoms with Crippen LogP contribution in [0.15, 0.2) is 54.0 Å². The monoisotopic (exact) mass is 340 g/mol. The zero-order valence-corrected chi connectivity index (χ0v) is 14.3. The molecule has 124 valence electrons. The van der Waals surface area contributed by atoms with Crippen LogP contribution < -0.4 is 15.8 Å². The first-order chi connectivity index (χ1) is 11.8. The van der Waals surface area contributed by atoms with Gasteiger partial charge < -0.3 is 15.8 Å². The number of nitrogen functional groups attached to an aromatic ring is 1. The number of nitrogens with two attached hydrogens (primary N) is 1. The van der Waals surface area contributed by atoms with Crippen molar-refractivity contribution in [3.05, 3.63) is 58.9 Å². The van der Waals surface area contributed by atoms with E-state index >= 15 is 0 Å². The Hall–Kier alpha value is -2.44. The van der Waals surface area contributed by atoms with Crippen molar-refractivity contribution in [2.45, 2.75) is 12.5 Å². The number of ether oxygens (including phenoxy) is 1. The van der Waals surface area contributed by atoms with Crippen molar-refractivity contribution < 1.29 is 4.74 Å². The van der Waals surface area contributed by atoms with Crippen molar-refractivity contribution in [3.8, 4) is 17.0 Å². The minimum absolute atomic E-state index is 0.0307. The van der Waals surface area contributed by atoms with E-state index in [2.05, 4.69) is 32.8 Å². The van der Waals surface area contributed by atoms with Crippen molar-refractivity contribution >= 4 is 17.3 Å². The summed E-state index contributed by atoms with van der Waals surface area (Å²) in [6.07, 6.45) is 2.59. The first-order valence-corrected chi connectivity index (χ1v) is 8.68. The van der Waals surface area contributed by atoms with Gasteiger partial charge in [0.05, 0.1) is 5.69 Å². The molecule has 0 fully saturated rings. The molecule has 0 saturated heterocycles. The van der Waals surface area contributed by atoms with Gasteiger partial charge in [-0.2, -0.15) is 0 Å². The van der Waals surface area contributed by atoms with Crippen LogP contribution in [0.1, 0.15) is 17.4 Å². The molecule has 0 amide bonds. The number of thiophene rings is 1. The van der Waals surface area contributed by atoms with Crippen LogP contribution in [0, 0.1) is 0 Å². The van der Waals surface area contributed by atoms with E-state index in [1.807, 2.05) is 37.4 Å². The second kappa shape index (κ2) is 7.90. The van der Waals surface area contributed by atoms with Gasteiger partial charge in [-0.25, -0.2) is 9.97 Å². The summed E-state index contributed by atoms with van der Waals surface area (Å²) in [7, 11) is 1.95. The number of nitrogens with zero attached hydrogens (tertiary/aromatic N) is 2. The zero-order valence-electron chi connectivity index (χ0n) is 13.5. The summed E-state index contributed by atoms with van der Waals surface area (Å²) in [6.45, 7) is 0.894. The van der Waals surface area contributed by atoms with Crippen LogP contribution in [0.5, 0.6) is 5.75 Å². The number of hydrogen-bond acceptors (Lipinski definition) is 6. The Balaban J connectivity index is 1.82. The van der Waals surface area contributed by atoms with Gasteiger partial charge in [0.1, 0.15) is 11.9 Å². The lowest BCUT2D eigenvalue weighted by Gasteiger charge is -2.18. The molecule has 0 aliphatic carbocycles. The molecule has 0 radical (unpaired) electrons. The molecule has 0 saturated carbocycles. The SMILES string of the molecule is CNCCC(Oc1cccc(-c2ccnc(N)n2)c1)c1cccs1. The minimum atomic E-state index is 0.0307. The number of nitrogens with one attached hydrogen (secondary N) is 1. The summed E-state index contributed by atoms with van der Waals surface area (Å²) in [5, 5.41) is 5.26. The highest BCUT2D eigenvalue weighted by Crippen LogP contribution is 2.30. The van der Waals surface area contributed by atoms with E-state index in [-0.39, 0.29) is 12.1 Å². The first-order valence-electron chi connectivity index (χ1n) is 7.80. The van der Waals surface area contributed by atoms with Gasteiger partial charge in [0.25, 0.3) is 0 Å². The fraction of sp³-hybridized carbons (Fsp3) is 0.222. The van der Waals surface area contributed by atoms with Gasteiger partial charge in [-0.3, -0.25) is 0 Å². The molecule has 0 aliphatic rings. The van der Waals surface area contributed by atoms with E-state index in [0.717, 1.165) is 30.0 Å². The molecule has 3 aromatic rings. The highest BCUT2D eigenvalue weighted by Gasteiger charge is 2.14. The Bertz CT molecular complexity index is 776. The highest BCUT2D eigenvalue weighted by molar-refractivity contribution is 7.10. The van der Waals surface area contributed by atoms with E-state index in [1.54, 1.807) is 17.5 Å². The van der Waals surface area contributed by atoms with E-state index in [9.17, 15) is 0 Å². The molecule has 2 aromatic heterocycles. The van der Waals surface area contributed by atoms with Crippen molar-refractivity contribution in [1.82, 2.24) is 15.3 Å². The molecule has 1 atom stereocenters. The van der Waals surface area contributed by atoms with Gasteiger partial charge in [0, 0.05) is 23.1 Å². The van der Waals surface area contributed by atoms with Crippen LogP contribution in [0.4, 0.5) is 5.95 Å². The van der Waals surface area contributed by atoms with Crippen LogP contribution in [0.25, 0.3) is 11.3 Å². The third kappa shape index (κ3) is 4.10. The molecule has 0 spiro atoms. The van der Waals surface area contributed by atoms with Crippen molar-refractivity contribution in [2.75, 3.05) is 19.3 Å². The Kier molecular flexibility index (Phi) is 5.40. The van der Waals surface area contributed by atoms with Crippen molar-refractivity contribution in [1.29, 1.82) is 0 Å². The van der Waals surface area contributed by atoms with E-state index in [4.69, 9.17) is 10.5 Å². The van der Waals surface area contributed by atoms with Gasteiger partial charge in [-0.15, -0.1) is 11.3 Å². The second-order valence-electron chi connectivity index (χ2n) is 5.34. The number of benzene rings is 1. The topological polar surface area (TPSA) is 73.1 Å². The smallest absolute Gasteiger partial charge is 0.220 e. The van der Waals surface area contributed by atoms with Gasteiger partial charge in [0.2, 0.25) is 5.95 Å². The fourth-order valence-electron chi connectivity index (χ4n) is 2.44. The quantitative estimate of drug-likeness (QED) is 0.688. The first kappa shape index (κ1) is 16.4. The molecule has 1 unspecified atom stereocenters. The standard InChI is InChI=1S/C18H20N4OS/c1-20-9-8-16(17-6-3-11-24-17)23-14-5-2-4-13(12-14)15-7-10-21-18(19)22-15/h2-7,10-12,16,20H,8-9H2,1H3,(H2,19,21,22). The number of anilines is 1. The van der Waals surface area contributed by atoms with Crippen LogP contribution in [0.3, 0.4) is 0 Å². The molecule has 3 rings (SSSR count). The maximum atomic E-state index is 6.25. The molecule has 6 heteroatoms. The van der Waals surface area contributed by atoms with Gasteiger partial charge >= 0.3 is 0 Å². The lowest BCUT2D eigenvalue weighted by atomic mass is 10.1. The molecular formula is C18H20N4OS. The summed E-state index contributed by atoms with van der Waals surface area (Å²) < 4.78 is 6.25. The Labute approximate surface area is 145 Å². The fourth-order valence-corrected chi connectivity index (χ4v) is 3.23. The van der Waals surface area contributed by atoms with E-state index in [1.165, 1.54) is 4.88 Å². The number of aromatic nitrogens is 2. The minimum Gasteiger partial charge on any atom is -0.485 e. The average Bonchev–Trinajstić information content (AvgIpc) is 3.13. The number of hydrogen-bond donors (Lipinski definition) is 2. The molecular weight excluding hydrogens is 320 g/mol. The summed E-state index contributed by atoms with van der Waals surface area (Å²) in [5.74, 6) is 1.09. The van der Waals surface area contributed by atoms with Gasteiger partial charge in [-0.1, -0.05) is 18.2 Å². The predicted molar refractivity (Wildman–Crippen MR) is 98.1 cm³/mol. The summed E-state index contributed by atoms with van der Waals surface area (Å²) in [6, 6.07) is 13.9. The van der Waals surface area contributed by atoms with Crippen LogP contribution >= 0.6 is 11.3 Å². The average molecular weight is 340 g/mol. The van der Waals surface area contributed by atoms with Gasteiger partial charge in [0.15, 0.2) is 0 Å². The second-order valence-corrected chi connectivity index (χ2v) is 6.32. The molecule has 3 N–H and O–H groups in total. The largest absolute Gasteiger partial charge is 0.485 e. The lowest BCUT2D eigenvalue weighted by molar-refractivity contribution is 0.199.